The molecular formula is C18H23Cl2N3O3. The topological polar surface area (TPSA) is 71.0 Å². The van der Waals surface area contributed by atoms with Gasteiger partial charge >= 0.3 is 5.97 Å². The highest BCUT2D eigenvalue weighted by Gasteiger charge is 2.21. The number of halogens is 2. The van der Waals surface area contributed by atoms with Gasteiger partial charge in [0.15, 0.2) is 0 Å². The van der Waals surface area contributed by atoms with Crippen LogP contribution in [0.5, 0.6) is 0 Å². The van der Waals surface area contributed by atoms with Crippen LogP contribution in [0, 0.1) is 0 Å². The van der Waals surface area contributed by atoms with E-state index in [1.54, 1.807) is 12.1 Å². The van der Waals surface area contributed by atoms with Crippen molar-refractivity contribution in [3.63, 3.8) is 0 Å². The van der Waals surface area contributed by atoms with Crippen molar-refractivity contribution in [2.45, 2.75) is 32.6 Å². The van der Waals surface area contributed by atoms with Gasteiger partial charge in [-0.1, -0.05) is 29.6 Å². The molecule has 0 aromatic heterocycles. The minimum Gasteiger partial charge on any atom is -0.469 e. The van der Waals surface area contributed by atoms with Gasteiger partial charge in [0.2, 0.25) is 5.91 Å². The molecule has 0 bridgehead atoms. The summed E-state index contributed by atoms with van der Waals surface area (Å²) in [6.45, 7) is 3.28. The molecular weight excluding hydrogens is 377 g/mol. The number of anilines is 1. The van der Waals surface area contributed by atoms with Crippen molar-refractivity contribution in [1.82, 2.24) is 5.32 Å². The number of carbonyl (C=O) groups excluding carboxylic acids is 2. The number of fused-ring (bicyclic) bond motifs is 1. The molecule has 1 aliphatic rings. The minimum absolute atomic E-state index is 0.0651. The fourth-order valence-electron chi connectivity index (χ4n) is 2.74. The fraction of sp³-hybridized carbons (Fsp3) is 0.500. The van der Waals surface area contributed by atoms with Gasteiger partial charge in [-0.2, -0.15) is 0 Å². The largest absolute Gasteiger partial charge is 0.469 e. The van der Waals surface area contributed by atoms with Crippen molar-refractivity contribution >= 4 is 52.2 Å². The van der Waals surface area contributed by atoms with Gasteiger partial charge < -0.3 is 15.0 Å². The summed E-state index contributed by atoms with van der Waals surface area (Å²) < 4.78 is 4.59. The maximum absolute atomic E-state index is 12.2. The second-order valence-electron chi connectivity index (χ2n) is 6.19. The number of carbonyl (C=O) groups is 2. The number of hydrogen-bond acceptors (Lipinski definition) is 5. The molecule has 0 fully saturated rings. The maximum Gasteiger partial charge on any atom is 0.305 e. The third-order valence-corrected chi connectivity index (χ3v) is 4.75. The van der Waals surface area contributed by atoms with Crippen molar-refractivity contribution in [1.29, 1.82) is 0 Å². The number of hydrogen-bond donors (Lipinski definition) is 1. The number of unbranched alkanes of at least 4 members (excludes halogenated alkanes) is 2. The first-order chi connectivity index (χ1) is 12.4. The van der Waals surface area contributed by atoms with E-state index in [-0.39, 0.29) is 18.4 Å². The molecule has 1 aliphatic heterocycles. The molecule has 1 aromatic rings. The summed E-state index contributed by atoms with van der Waals surface area (Å²) in [5, 5.41) is 3.79. The fourth-order valence-corrected chi connectivity index (χ4v) is 3.06. The molecule has 142 valence electrons. The van der Waals surface area contributed by atoms with Crippen LogP contribution in [0.4, 0.5) is 11.4 Å². The molecule has 26 heavy (non-hydrogen) atoms. The van der Waals surface area contributed by atoms with Crippen molar-refractivity contribution in [2.75, 3.05) is 31.6 Å². The third kappa shape index (κ3) is 5.88. The molecule has 1 amide bonds. The van der Waals surface area contributed by atoms with Crippen molar-refractivity contribution in [2.24, 2.45) is 4.99 Å². The average Bonchev–Trinajstić information content (AvgIpc) is 2.59. The molecule has 6 nitrogen and oxygen atoms in total. The highest BCUT2D eigenvalue weighted by atomic mass is 35.5. The highest BCUT2D eigenvalue weighted by Crippen LogP contribution is 2.38. The third-order valence-electron chi connectivity index (χ3n) is 4.03. The van der Waals surface area contributed by atoms with Gasteiger partial charge in [0, 0.05) is 18.7 Å². The van der Waals surface area contributed by atoms with Crippen molar-refractivity contribution in [3.8, 4) is 0 Å². The van der Waals surface area contributed by atoms with E-state index in [0.29, 0.717) is 29.6 Å². The van der Waals surface area contributed by atoms with E-state index in [4.69, 9.17) is 23.2 Å². The SMILES string of the molecule is COC(=O)CCCCCNC(=O)CN1CC(C)=Nc2cc(Cl)c(Cl)cc21. The second-order valence-corrected chi connectivity index (χ2v) is 7.01. The summed E-state index contributed by atoms with van der Waals surface area (Å²) >= 11 is 12.2. The summed E-state index contributed by atoms with van der Waals surface area (Å²) in [5.74, 6) is -0.265. The van der Waals surface area contributed by atoms with Crippen LogP contribution >= 0.6 is 23.2 Å². The number of esters is 1. The first-order valence-electron chi connectivity index (χ1n) is 8.52. The van der Waals surface area contributed by atoms with E-state index in [0.717, 1.165) is 36.3 Å². The van der Waals surface area contributed by atoms with Crippen LogP contribution in [0.1, 0.15) is 32.6 Å². The van der Waals surface area contributed by atoms with Crippen LogP contribution < -0.4 is 10.2 Å². The molecule has 0 spiro atoms. The lowest BCUT2D eigenvalue weighted by atomic mass is 10.1. The van der Waals surface area contributed by atoms with Gasteiger partial charge in [-0.3, -0.25) is 14.6 Å². The van der Waals surface area contributed by atoms with Gasteiger partial charge in [-0.25, -0.2) is 0 Å². The molecule has 0 saturated heterocycles. The molecule has 1 aromatic carbocycles. The number of methoxy groups -OCH3 is 1. The van der Waals surface area contributed by atoms with Crippen LogP contribution in [0.3, 0.4) is 0 Å². The first kappa shape index (κ1) is 20.5. The summed E-state index contributed by atoms with van der Waals surface area (Å²) in [7, 11) is 1.38. The number of nitrogens with one attached hydrogen (secondary N) is 1. The Morgan fingerprint density at radius 3 is 2.69 bits per heavy atom. The minimum atomic E-state index is -0.200. The molecule has 0 aliphatic carbocycles. The van der Waals surface area contributed by atoms with Crippen LogP contribution in [0.2, 0.25) is 10.0 Å². The Hall–Kier alpha value is -1.79. The molecule has 2 rings (SSSR count). The Balaban J connectivity index is 1.82. The zero-order valence-corrected chi connectivity index (χ0v) is 16.5. The Bertz CT molecular complexity index is 707. The summed E-state index contributed by atoms with van der Waals surface area (Å²) in [4.78, 5) is 29.7. The molecule has 0 unspecified atom stereocenters. The number of rotatable bonds is 8. The molecule has 8 heteroatoms. The highest BCUT2D eigenvalue weighted by molar-refractivity contribution is 6.42. The van der Waals surface area contributed by atoms with E-state index in [2.05, 4.69) is 15.0 Å². The monoisotopic (exact) mass is 399 g/mol. The van der Waals surface area contributed by atoms with Crippen LogP contribution in [0.25, 0.3) is 0 Å². The zero-order chi connectivity index (χ0) is 19.1. The van der Waals surface area contributed by atoms with Crippen molar-refractivity contribution in [3.05, 3.63) is 22.2 Å². The predicted molar refractivity (Wildman–Crippen MR) is 105 cm³/mol. The molecule has 0 radical (unpaired) electrons. The zero-order valence-electron chi connectivity index (χ0n) is 15.0. The second kappa shape index (κ2) is 9.78. The molecule has 0 saturated carbocycles. The molecule has 0 atom stereocenters. The van der Waals surface area contributed by atoms with E-state index in [9.17, 15) is 9.59 Å². The normalized spacial score (nSPS) is 13.1. The Morgan fingerprint density at radius 2 is 1.96 bits per heavy atom. The van der Waals surface area contributed by atoms with Gasteiger partial charge in [0.25, 0.3) is 0 Å². The lowest BCUT2D eigenvalue weighted by molar-refractivity contribution is -0.140. The Kier molecular flexibility index (Phi) is 7.72. The number of ether oxygens (including phenoxy) is 1. The average molecular weight is 400 g/mol. The lowest BCUT2D eigenvalue weighted by Crippen LogP contribution is -2.41. The van der Waals surface area contributed by atoms with Crippen LogP contribution in [-0.2, 0) is 14.3 Å². The predicted octanol–water partition coefficient (Wildman–Crippen LogP) is 3.76. The number of aliphatic imine (C=N–C) groups is 1. The van der Waals surface area contributed by atoms with E-state index in [1.165, 1.54) is 7.11 Å². The van der Waals surface area contributed by atoms with Gasteiger partial charge in [-0.05, 0) is 31.9 Å². The summed E-state index contributed by atoms with van der Waals surface area (Å²) in [6, 6.07) is 3.46. The van der Waals surface area contributed by atoms with Gasteiger partial charge in [0.05, 0.1) is 41.6 Å². The van der Waals surface area contributed by atoms with E-state index >= 15 is 0 Å². The van der Waals surface area contributed by atoms with Gasteiger partial charge in [0.1, 0.15) is 0 Å². The quantitative estimate of drug-likeness (QED) is 0.533. The Morgan fingerprint density at radius 1 is 1.23 bits per heavy atom. The lowest BCUT2D eigenvalue weighted by Gasteiger charge is -2.29. The molecule has 1 heterocycles. The number of nitrogens with zero attached hydrogens (tertiary/aromatic N) is 2. The number of benzene rings is 1. The number of amides is 1. The summed E-state index contributed by atoms with van der Waals surface area (Å²) in [6.07, 6.45) is 2.86. The van der Waals surface area contributed by atoms with E-state index in [1.807, 2.05) is 11.8 Å². The summed E-state index contributed by atoms with van der Waals surface area (Å²) in [5.41, 5.74) is 2.43. The maximum atomic E-state index is 12.2. The van der Waals surface area contributed by atoms with Crippen LogP contribution in [-0.4, -0.2) is 44.3 Å². The molecule has 1 N–H and O–H groups in total. The van der Waals surface area contributed by atoms with Crippen molar-refractivity contribution < 1.29 is 14.3 Å². The standard InChI is InChI=1S/C18H23Cl2N3O3/c1-12-10-23(16-9-14(20)13(19)8-15(16)22-12)11-17(24)21-7-5-3-4-6-18(25)26-2/h8-9H,3-7,10-11H2,1-2H3,(H,21,24). The smallest absolute Gasteiger partial charge is 0.305 e. The Labute approximate surface area is 163 Å². The van der Waals surface area contributed by atoms with Crippen LogP contribution in [0.15, 0.2) is 17.1 Å². The van der Waals surface area contributed by atoms with Gasteiger partial charge in [-0.15, -0.1) is 0 Å². The first-order valence-corrected chi connectivity index (χ1v) is 9.28. The van der Waals surface area contributed by atoms with E-state index < -0.39 is 0 Å².